The van der Waals surface area contributed by atoms with E-state index in [9.17, 15) is 9.18 Å². The van der Waals surface area contributed by atoms with Crippen molar-refractivity contribution in [1.29, 1.82) is 0 Å². The number of halogens is 1. The van der Waals surface area contributed by atoms with Crippen LogP contribution in [0.15, 0.2) is 30.7 Å². The molecule has 0 saturated heterocycles. The van der Waals surface area contributed by atoms with Crippen LogP contribution in [0.3, 0.4) is 0 Å². The summed E-state index contributed by atoms with van der Waals surface area (Å²) in [5, 5.41) is 8.91. The molecule has 1 N–H and O–H groups in total. The van der Waals surface area contributed by atoms with Crippen molar-refractivity contribution in [2.75, 3.05) is 0 Å². The van der Waals surface area contributed by atoms with E-state index in [1.807, 2.05) is 0 Å². The molecule has 0 fully saturated rings. The van der Waals surface area contributed by atoms with Gasteiger partial charge in [-0.25, -0.2) is 9.78 Å². The quantitative estimate of drug-likeness (QED) is 0.879. The fourth-order valence-corrected chi connectivity index (χ4v) is 1.60. The van der Waals surface area contributed by atoms with Gasteiger partial charge in [-0.15, -0.1) is 0 Å². The maximum atomic E-state index is 13.2. The molecule has 0 aromatic carbocycles. The van der Waals surface area contributed by atoms with Crippen molar-refractivity contribution >= 4 is 5.97 Å². The number of aromatic carboxylic acids is 1. The van der Waals surface area contributed by atoms with Crippen LogP contribution in [-0.2, 0) is 0 Å². The molecule has 0 aliphatic carbocycles. The molecule has 0 radical (unpaired) electrons. The number of pyridine rings is 1. The highest BCUT2D eigenvalue weighted by atomic mass is 19.1. The molecule has 0 unspecified atom stereocenters. The maximum absolute atomic E-state index is 13.2. The maximum Gasteiger partial charge on any atom is 0.357 e. The smallest absolute Gasteiger partial charge is 0.357 e. The minimum absolute atomic E-state index is 0.390. The van der Waals surface area contributed by atoms with E-state index in [2.05, 4.69) is 9.97 Å². The van der Waals surface area contributed by atoms with Crippen molar-refractivity contribution in [3.63, 3.8) is 0 Å². The summed E-state index contributed by atoms with van der Waals surface area (Å²) < 4.78 is 14.5. The van der Waals surface area contributed by atoms with Gasteiger partial charge in [0.2, 0.25) is 5.95 Å². The predicted molar refractivity (Wildman–Crippen MR) is 57.2 cm³/mol. The van der Waals surface area contributed by atoms with Gasteiger partial charge in [-0.3, -0.25) is 4.98 Å². The number of imidazole rings is 1. The number of carboxylic acid groups (broad SMARTS) is 1. The van der Waals surface area contributed by atoms with Crippen molar-refractivity contribution in [3.05, 3.63) is 48.1 Å². The first-order valence-corrected chi connectivity index (χ1v) is 4.98. The fourth-order valence-electron chi connectivity index (χ4n) is 1.60. The third kappa shape index (κ3) is 2.01. The molecule has 2 aromatic heterocycles. The number of aromatic nitrogens is 3. The molecule has 2 rings (SSSR count). The van der Waals surface area contributed by atoms with Crippen molar-refractivity contribution in [1.82, 2.24) is 14.5 Å². The second-order valence-electron chi connectivity index (χ2n) is 3.53. The first-order valence-electron chi connectivity index (χ1n) is 4.98. The Morgan fingerprint density at radius 3 is 2.82 bits per heavy atom. The summed E-state index contributed by atoms with van der Waals surface area (Å²) in [5.74, 6) is -2.33. The summed E-state index contributed by atoms with van der Waals surface area (Å²) in [5.41, 5.74) is 0.190. The summed E-state index contributed by atoms with van der Waals surface area (Å²) in [4.78, 5) is 18.4. The Balaban J connectivity index is 2.45. The zero-order valence-electron chi connectivity index (χ0n) is 9.04. The summed E-state index contributed by atoms with van der Waals surface area (Å²) in [6.07, 6.45) is 2.76. The Labute approximate surface area is 96.6 Å². The molecule has 6 heteroatoms. The molecule has 2 heterocycles. The third-order valence-electron chi connectivity index (χ3n) is 2.48. The Kier molecular flexibility index (Phi) is 2.86. The topological polar surface area (TPSA) is 68.0 Å². The molecule has 0 aliphatic rings. The number of hydrogen-bond acceptors (Lipinski definition) is 3. The summed E-state index contributed by atoms with van der Waals surface area (Å²) in [6.45, 7) is 1.73. The molecule has 2 aromatic rings. The fraction of sp³-hybridized carbons (Fsp3) is 0.182. The van der Waals surface area contributed by atoms with Crippen LogP contribution in [0, 0.1) is 5.95 Å². The van der Waals surface area contributed by atoms with E-state index in [0.717, 1.165) is 6.33 Å². The van der Waals surface area contributed by atoms with Crippen molar-refractivity contribution < 1.29 is 14.3 Å². The highest BCUT2D eigenvalue weighted by Gasteiger charge is 2.22. The van der Waals surface area contributed by atoms with Gasteiger partial charge < -0.3 is 9.67 Å². The summed E-state index contributed by atoms with van der Waals surface area (Å²) in [7, 11) is 0. The highest BCUT2D eigenvalue weighted by Crippen LogP contribution is 2.19. The van der Waals surface area contributed by atoms with Crippen LogP contribution in [-0.4, -0.2) is 25.6 Å². The number of carbonyl (C=O) groups is 1. The van der Waals surface area contributed by atoms with Gasteiger partial charge in [0.25, 0.3) is 0 Å². The number of rotatable bonds is 3. The monoisotopic (exact) mass is 235 g/mol. The third-order valence-corrected chi connectivity index (χ3v) is 2.48. The van der Waals surface area contributed by atoms with E-state index in [-0.39, 0.29) is 6.04 Å². The van der Waals surface area contributed by atoms with Crippen LogP contribution in [0.4, 0.5) is 4.39 Å². The molecule has 0 spiro atoms. The van der Waals surface area contributed by atoms with E-state index in [4.69, 9.17) is 5.11 Å². The molecule has 1 atom stereocenters. The Morgan fingerprint density at radius 2 is 2.24 bits per heavy atom. The van der Waals surface area contributed by atoms with Gasteiger partial charge in [-0.1, -0.05) is 6.07 Å². The van der Waals surface area contributed by atoms with E-state index in [0.29, 0.717) is 5.69 Å². The lowest BCUT2D eigenvalue weighted by molar-refractivity contribution is 0.0678. The van der Waals surface area contributed by atoms with Crippen LogP contribution in [0.25, 0.3) is 0 Å². The number of carboxylic acids is 1. The van der Waals surface area contributed by atoms with E-state index in [1.54, 1.807) is 31.3 Å². The molecular formula is C11H10FN3O2. The summed E-state index contributed by atoms with van der Waals surface area (Å²) >= 11 is 0. The van der Waals surface area contributed by atoms with Crippen molar-refractivity contribution in [3.8, 4) is 0 Å². The SMILES string of the molecule is C[C@H](c1ccccn1)n1cnc(F)c1C(=O)O. The minimum atomic E-state index is -1.34. The molecule has 17 heavy (non-hydrogen) atoms. The lowest BCUT2D eigenvalue weighted by Gasteiger charge is -2.13. The van der Waals surface area contributed by atoms with Gasteiger partial charge in [0.15, 0.2) is 5.69 Å². The standard InChI is InChI=1S/C11H10FN3O2/c1-7(8-4-2-3-5-13-8)15-6-14-10(12)9(15)11(16)17/h2-7H,1H3,(H,16,17)/t7-/m1/s1. The van der Waals surface area contributed by atoms with Gasteiger partial charge in [0.05, 0.1) is 18.1 Å². The first kappa shape index (κ1) is 11.3. The normalized spacial score (nSPS) is 12.4. The van der Waals surface area contributed by atoms with Crippen LogP contribution < -0.4 is 0 Å². The van der Waals surface area contributed by atoms with E-state index >= 15 is 0 Å². The van der Waals surface area contributed by atoms with Crippen LogP contribution in [0.2, 0.25) is 0 Å². The average Bonchev–Trinajstić information content (AvgIpc) is 2.71. The minimum Gasteiger partial charge on any atom is -0.476 e. The van der Waals surface area contributed by atoms with Crippen LogP contribution in [0.5, 0.6) is 0 Å². The Bertz CT molecular complexity index is 539. The number of hydrogen-bond donors (Lipinski definition) is 1. The van der Waals surface area contributed by atoms with Crippen LogP contribution in [0.1, 0.15) is 29.1 Å². The van der Waals surface area contributed by atoms with E-state index < -0.39 is 17.6 Å². The molecule has 5 nitrogen and oxygen atoms in total. The van der Waals surface area contributed by atoms with Gasteiger partial charge in [-0.2, -0.15) is 4.39 Å². The van der Waals surface area contributed by atoms with Gasteiger partial charge in [-0.05, 0) is 19.1 Å². The number of nitrogens with zero attached hydrogens (tertiary/aromatic N) is 3. The van der Waals surface area contributed by atoms with Gasteiger partial charge >= 0.3 is 5.97 Å². The second-order valence-corrected chi connectivity index (χ2v) is 3.53. The molecular weight excluding hydrogens is 225 g/mol. The molecule has 0 saturated carbocycles. The largest absolute Gasteiger partial charge is 0.476 e. The average molecular weight is 235 g/mol. The zero-order chi connectivity index (χ0) is 12.4. The highest BCUT2D eigenvalue weighted by molar-refractivity contribution is 5.85. The lowest BCUT2D eigenvalue weighted by Crippen LogP contribution is -2.15. The Hall–Kier alpha value is -2.24. The molecule has 88 valence electrons. The van der Waals surface area contributed by atoms with Crippen LogP contribution >= 0.6 is 0 Å². The van der Waals surface area contributed by atoms with Gasteiger partial charge in [0.1, 0.15) is 0 Å². The first-order chi connectivity index (χ1) is 8.11. The van der Waals surface area contributed by atoms with E-state index in [1.165, 1.54) is 4.57 Å². The van der Waals surface area contributed by atoms with Crippen molar-refractivity contribution in [2.45, 2.75) is 13.0 Å². The predicted octanol–water partition coefficient (Wildman–Crippen LogP) is 1.72. The summed E-state index contributed by atoms with van der Waals surface area (Å²) in [6, 6.07) is 4.89. The zero-order valence-corrected chi connectivity index (χ0v) is 9.04. The lowest BCUT2D eigenvalue weighted by atomic mass is 10.2. The molecule has 0 amide bonds. The van der Waals surface area contributed by atoms with Crippen molar-refractivity contribution in [2.24, 2.45) is 0 Å². The Morgan fingerprint density at radius 1 is 1.47 bits per heavy atom. The second kappa shape index (κ2) is 4.32. The molecule has 0 aliphatic heterocycles. The van der Waals surface area contributed by atoms with Gasteiger partial charge in [0, 0.05) is 6.20 Å². The molecule has 0 bridgehead atoms.